The first-order valence-electron chi connectivity index (χ1n) is 10.7. The van der Waals surface area contributed by atoms with Crippen LogP contribution in [0.5, 0.6) is 23.0 Å². The molecule has 9 nitrogen and oxygen atoms in total. The highest BCUT2D eigenvalue weighted by Crippen LogP contribution is 2.51. The second-order valence-corrected chi connectivity index (χ2v) is 7.92. The third-order valence-electron chi connectivity index (χ3n) is 6.08. The molecule has 0 saturated carbocycles. The number of rotatable bonds is 6. The van der Waals surface area contributed by atoms with Crippen LogP contribution < -0.4 is 18.9 Å². The molecule has 0 amide bonds. The number of methoxy groups -OCH3 is 3. The lowest BCUT2D eigenvalue weighted by molar-refractivity contribution is -0.385. The number of hydrogen-bond donors (Lipinski definition) is 0. The van der Waals surface area contributed by atoms with E-state index in [-0.39, 0.29) is 11.7 Å². The predicted molar refractivity (Wildman–Crippen MR) is 125 cm³/mol. The average molecular weight is 461 g/mol. The molecule has 0 aliphatic carbocycles. The molecule has 0 saturated heterocycles. The van der Waals surface area contributed by atoms with Gasteiger partial charge in [-0.25, -0.2) is 5.01 Å². The van der Waals surface area contributed by atoms with Crippen molar-refractivity contribution in [2.75, 3.05) is 21.3 Å². The summed E-state index contributed by atoms with van der Waals surface area (Å²) >= 11 is 0. The standard InChI is InChI=1S/C25H23N3O6/c1-31-21-11-10-15(13-23(21)33-3)19-14-20-18-8-5-9-22(32-2)24(18)34-25(27(20)26-19)16-6-4-7-17(12-16)28(29)30/h4-13,20,25H,14H2,1-3H3/t20-,25+/m0/s1. The number of ether oxygens (including phenoxy) is 4. The molecular formula is C25H23N3O6. The number of hydrazone groups is 1. The van der Waals surface area contributed by atoms with Crippen molar-refractivity contribution in [1.29, 1.82) is 0 Å². The lowest BCUT2D eigenvalue weighted by atomic mass is 9.95. The molecule has 0 unspecified atom stereocenters. The maximum absolute atomic E-state index is 11.4. The van der Waals surface area contributed by atoms with Crippen LogP contribution in [0.3, 0.4) is 0 Å². The second kappa shape index (κ2) is 8.58. The highest BCUT2D eigenvalue weighted by Gasteiger charge is 2.42. The number of non-ortho nitro benzene ring substituents is 1. The summed E-state index contributed by atoms with van der Waals surface area (Å²) in [6, 6.07) is 17.7. The normalized spacial score (nSPS) is 18.3. The largest absolute Gasteiger partial charge is 0.493 e. The van der Waals surface area contributed by atoms with Crippen molar-refractivity contribution in [3.05, 3.63) is 87.5 Å². The summed E-state index contributed by atoms with van der Waals surface area (Å²) in [5.41, 5.74) is 3.31. The molecule has 2 aliphatic rings. The van der Waals surface area contributed by atoms with Gasteiger partial charge >= 0.3 is 0 Å². The fourth-order valence-corrected chi connectivity index (χ4v) is 4.45. The van der Waals surface area contributed by atoms with E-state index >= 15 is 0 Å². The maximum atomic E-state index is 11.4. The molecule has 3 aromatic carbocycles. The minimum atomic E-state index is -0.661. The van der Waals surface area contributed by atoms with Crippen molar-refractivity contribution in [1.82, 2.24) is 5.01 Å². The number of fused-ring (bicyclic) bond motifs is 3. The molecule has 34 heavy (non-hydrogen) atoms. The Balaban J connectivity index is 1.61. The van der Waals surface area contributed by atoms with E-state index in [1.54, 1.807) is 33.5 Å². The third kappa shape index (κ3) is 3.55. The van der Waals surface area contributed by atoms with Gasteiger partial charge < -0.3 is 18.9 Å². The zero-order valence-corrected chi connectivity index (χ0v) is 18.9. The SMILES string of the molecule is COc1ccc(C2=NN3[C@@H](c4cccc([N+](=O)[O-])c4)Oc4c(OC)cccc4[C@@H]3C2)cc1OC. The first-order valence-corrected chi connectivity index (χ1v) is 10.7. The van der Waals surface area contributed by atoms with Crippen molar-refractivity contribution < 1.29 is 23.9 Å². The molecule has 0 aromatic heterocycles. The van der Waals surface area contributed by atoms with E-state index in [0.29, 0.717) is 35.0 Å². The number of benzene rings is 3. The van der Waals surface area contributed by atoms with Crippen LogP contribution in [0.15, 0.2) is 65.8 Å². The van der Waals surface area contributed by atoms with E-state index in [9.17, 15) is 10.1 Å². The molecule has 9 heteroatoms. The number of para-hydroxylation sites is 1. The summed E-state index contributed by atoms with van der Waals surface area (Å²) < 4.78 is 22.8. The Labute approximate surface area is 196 Å². The molecule has 2 aliphatic heterocycles. The first kappa shape index (κ1) is 21.6. The van der Waals surface area contributed by atoms with E-state index in [1.807, 2.05) is 41.4 Å². The number of nitrogens with zero attached hydrogens (tertiary/aromatic N) is 3. The van der Waals surface area contributed by atoms with Gasteiger partial charge in [-0.15, -0.1) is 0 Å². The fourth-order valence-electron chi connectivity index (χ4n) is 4.45. The zero-order valence-electron chi connectivity index (χ0n) is 18.9. The van der Waals surface area contributed by atoms with Crippen LogP contribution in [0.2, 0.25) is 0 Å². The van der Waals surface area contributed by atoms with Crippen LogP contribution in [-0.2, 0) is 0 Å². The number of hydrogen-bond acceptors (Lipinski definition) is 8. The lowest BCUT2D eigenvalue weighted by Gasteiger charge is -2.38. The first-order chi connectivity index (χ1) is 16.5. The summed E-state index contributed by atoms with van der Waals surface area (Å²) in [6.45, 7) is 0. The van der Waals surface area contributed by atoms with Gasteiger partial charge in [-0.2, -0.15) is 5.10 Å². The molecular weight excluding hydrogens is 438 g/mol. The smallest absolute Gasteiger partial charge is 0.269 e. The highest BCUT2D eigenvalue weighted by molar-refractivity contribution is 6.02. The molecule has 5 rings (SSSR count). The number of nitro benzene ring substituents is 1. The summed E-state index contributed by atoms with van der Waals surface area (Å²) in [5, 5.41) is 18.2. The van der Waals surface area contributed by atoms with Crippen LogP contribution in [0.4, 0.5) is 5.69 Å². The minimum absolute atomic E-state index is 0.00763. The van der Waals surface area contributed by atoms with E-state index in [4.69, 9.17) is 24.0 Å². The molecule has 0 radical (unpaired) electrons. The average Bonchev–Trinajstić information content (AvgIpc) is 3.33. The molecule has 3 aromatic rings. The van der Waals surface area contributed by atoms with Gasteiger partial charge in [0.25, 0.3) is 5.69 Å². The van der Waals surface area contributed by atoms with Crippen molar-refractivity contribution in [2.45, 2.75) is 18.7 Å². The van der Waals surface area contributed by atoms with Gasteiger partial charge in [-0.1, -0.05) is 24.3 Å². The van der Waals surface area contributed by atoms with E-state index in [2.05, 4.69) is 0 Å². The third-order valence-corrected chi connectivity index (χ3v) is 6.08. The minimum Gasteiger partial charge on any atom is -0.493 e. The molecule has 0 bridgehead atoms. The highest BCUT2D eigenvalue weighted by atomic mass is 16.6. The molecule has 2 atom stereocenters. The van der Waals surface area contributed by atoms with Gasteiger partial charge in [-0.05, 0) is 24.3 Å². The van der Waals surface area contributed by atoms with E-state index in [0.717, 1.165) is 16.8 Å². The monoisotopic (exact) mass is 461 g/mol. The van der Waals surface area contributed by atoms with Crippen molar-refractivity contribution in [3.8, 4) is 23.0 Å². The Hall–Kier alpha value is -4.27. The quantitative estimate of drug-likeness (QED) is 0.382. The van der Waals surface area contributed by atoms with Crippen LogP contribution >= 0.6 is 0 Å². The van der Waals surface area contributed by atoms with Crippen molar-refractivity contribution in [3.63, 3.8) is 0 Å². The molecule has 0 spiro atoms. The van der Waals surface area contributed by atoms with Gasteiger partial charge in [0.15, 0.2) is 23.0 Å². The Morgan fingerprint density at radius 3 is 2.47 bits per heavy atom. The Morgan fingerprint density at radius 2 is 1.74 bits per heavy atom. The van der Waals surface area contributed by atoms with Crippen LogP contribution in [0.25, 0.3) is 0 Å². The van der Waals surface area contributed by atoms with Crippen LogP contribution in [0.1, 0.15) is 35.4 Å². The summed E-state index contributed by atoms with van der Waals surface area (Å²) in [7, 11) is 4.78. The Bertz CT molecular complexity index is 1290. The van der Waals surface area contributed by atoms with Gasteiger partial charge in [0.05, 0.1) is 38.0 Å². The second-order valence-electron chi connectivity index (χ2n) is 7.92. The maximum Gasteiger partial charge on any atom is 0.269 e. The molecule has 0 fully saturated rings. The Kier molecular flexibility index (Phi) is 5.45. The summed E-state index contributed by atoms with van der Waals surface area (Å²) in [4.78, 5) is 11.0. The van der Waals surface area contributed by atoms with Gasteiger partial charge in [0.2, 0.25) is 6.23 Å². The molecule has 2 heterocycles. The van der Waals surface area contributed by atoms with Crippen molar-refractivity contribution >= 4 is 11.4 Å². The van der Waals surface area contributed by atoms with Crippen LogP contribution in [0, 0.1) is 10.1 Å². The molecule has 0 N–H and O–H groups in total. The van der Waals surface area contributed by atoms with Crippen LogP contribution in [-0.4, -0.2) is 37.0 Å². The topological polar surface area (TPSA) is 95.7 Å². The Morgan fingerprint density at radius 1 is 0.971 bits per heavy atom. The summed E-state index contributed by atoms with van der Waals surface area (Å²) in [6.07, 6.45) is -0.0453. The van der Waals surface area contributed by atoms with E-state index in [1.165, 1.54) is 12.1 Å². The predicted octanol–water partition coefficient (Wildman–Crippen LogP) is 4.86. The lowest BCUT2D eigenvalue weighted by Crippen LogP contribution is -2.33. The number of nitro groups is 1. The zero-order chi connectivity index (χ0) is 23.8. The van der Waals surface area contributed by atoms with Gasteiger partial charge in [0.1, 0.15) is 0 Å². The van der Waals surface area contributed by atoms with Gasteiger partial charge in [0, 0.05) is 35.2 Å². The summed E-state index contributed by atoms with van der Waals surface area (Å²) in [5.74, 6) is 2.47. The van der Waals surface area contributed by atoms with Crippen molar-refractivity contribution in [2.24, 2.45) is 5.10 Å². The van der Waals surface area contributed by atoms with Gasteiger partial charge in [-0.3, -0.25) is 10.1 Å². The fraction of sp³-hybridized carbons (Fsp3) is 0.240. The molecule has 174 valence electrons. The van der Waals surface area contributed by atoms with E-state index < -0.39 is 11.2 Å².